The van der Waals surface area contributed by atoms with Gasteiger partial charge >= 0.3 is 0 Å². The first kappa shape index (κ1) is 29.1. The van der Waals surface area contributed by atoms with Crippen molar-refractivity contribution in [1.82, 2.24) is 0 Å². The molecule has 31 heavy (non-hydrogen) atoms. The van der Waals surface area contributed by atoms with E-state index in [1.54, 1.807) is 0 Å². The molecule has 3 atom stereocenters. The first-order valence-electron chi connectivity index (χ1n) is 13.1. The maximum atomic E-state index is 7.09. The van der Waals surface area contributed by atoms with E-state index < -0.39 is 25.0 Å². The van der Waals surface area contributed by atoms with Crippen molar-refractivity contribution in [2.24, 2.45) is 0 Å². The van der Waals surface area contributed by atoms with E-state index in [1.165, 1.54) is 0 Å². The Labute approximate surface area is 196 Å². The van der Waals surface area contributed by atoms with Crippen LogP contribution in [0.5, 0.6) is 0 Å². The van der Waals surface area contributed by atoms with Gasteiger partial charge in [0, 0.05) is 0 Å². The number of rotatable bonds is 16. The molecule has 0 N–H and O–H groups in total. The zero-order chi connectivity index (χ0) is 23.5. The van der Waals surface area contributed by atoms with E-state index in [4.69, 9.17) is 18.0 Å². The summed E-state index contributed by atoms with van der Waals surface area (Å²) in [4.78, 5) is 0. The van der Waals surface area contributed by atoms with Gasteiger partial charge in [-0.3, -0.25) is 0 Å². The fourth-order valence-corrected chi connectivity index (χ4v) is 13.2. The van der Waals surface area contributed by atoms with Gasteiger partial charge in [-0.05, 0) is 60.5 Å². The zero-order valence-corrected chi connectivity index (χ0v) is 25.1. The van der Waals surface area contributed by atoms with Gasteiger partial charge < -0.3 is 18.0 Å². The molecule has 0 saturated heterocycles. The summed E-state index contributed by atoms with van der Waals surface area (Å²) in [6, 6.07) is 10.3. The summed E-state index contributed by atoms with van der Waals surface area (Å²) < 4.78 is 27.0. The number of hydrogen-bond donors (Lipinski definition) is 0. The predicted molar refractivity (Wildman–Crippen MR) is 141 cm³/mol. The van der Waals surface area contributed by atoms with E-state index in [0.717, 1.165) is 54.4 Å². The summed E-state index contributed by atoms with van der Waals surface area (Å²) in [6.07, 6.45) is 3.81. The first-order valence-corrected chi connectivity index (χ1v) is 20.7. The third-order valence-corrected chi connectivity index (χ3v) is 22.3. The van der Waals surface area contributed by atoms with Crippen LogP contribution in [0.3, 0.4) is 0 Å². The molecule has 0 aromatic rings. The molecular weight excluding hydrogens is 437 g/mol. The highest BCUT2D eigenvalue weighted by Gasteiger charge is 2.44. The quantitative estimate of drug-likeness (QED) is 0.208. The van der Waals surface area contributed by atoms with Crippen molar-refractivity contribution < 1.29 is 18.0 Å². The lowest BCUT2D eigenvalue weighted by molar-refractivity contribution is -0.0667. The monoisotopic (exact) mass is 488 g/mol. The van der Waals surface area contributed by atoms with Crippen LogP contribution in [0.4, 0.5) is 0 Å². The molecule has 0 spiro atoms. The van der Waals surface area contributed by atoms with Gasteiger partial charge in [0.2, 0.25) is 0 Å². The molecule has 0 unspecified atom stereocenters. The van der Waals surface area contributed by atoms with Gasteiger partial charge in [-0.25, -0.2) is 0 Å². The Morgan fingerprint density at radius 3 is 1.45 bits per heavy atom. The Kier molecular flexibility index (Phi) is 12.9. The van der Waals surface area contributed by atoms with Crippen molar-refractivity contribution in [3.63, 3.8) is 0 Å². The van der Waals surface area contributed by atoms with E-state index in [1.807, 2.05) is 6.26 Å². The molecule has 1 aliphatic heterocycles. The lowest BCUT2D eigenvalue weighted by Crippen LogP contribution is -2.56. The van der Waals surface area contributed by atoms with Crippen LogP contribution in [-0.2, 0) is 18.0 Å². The fraction of sp³-hybridized carbons (Fsp3) is 0.917. The molecule has 0 radical (unpaired) electrons. The van der Waals surface area contributed by atoms with Gasteiger partial charge in [-0.2, -0.15) is 0 Å². The van der Waals surface area contributed by atoms with Crippen LogP contribution >= 0.6 is 0 Å². The molecule has 0 amide bonds. The molecule has 0 aliphatic carbocycles. The Morgan fingerprint density at radius 1 is 0.613 bits per heavy atom. The van der Waals surface area contributed by atoms with Crippen molar-refractivity contribution in [2.75, 3.05) is 6.61 Å². The van der Waals surface area contributed by atoms with Gasteiger partial charge in [-0.15, -0.1) is 0 Å². The summed E-state index contributed by atoms with van der Waals surface area (Å²) in [7, 11) is -5.27. The maximum absolute atomic E-state index is 7.09. The SMILES string of the molecule is CC[Si](CC)(CC)OC[C@H]1OC=C[C@@H](O[Si](CC)(CC)CC)[C@H]1O[Si](CC)(CC)CC. The van der Waals surface area contributed by atoms with Crippen LogP contribution in [0.1, 0.15) is 62.3 Å². The van der Waals surface area contributed by atoms with E-state index in [-0.39, 0.29) is 18.3 Å². The van der Waals surface area contributed by atoms with Crippen LogP contribution < -0.4 is 0 Å². The highest BCUT2D eigenvalue weighted by Crippen LogP contribution is 2.33. The molecule has 1 heterocycles. The highest BCUT2D eigenvalue weighted by molar-refractivity contribution is 6.74. The minimum absolute atomic E-state index is 0.0219. The number of hydrogen-bond acceptors (Lipinski definition) is 4. The van der Waals surface area contributed by atoms with Gasteiger partial charge in [0.15, 0.2) is 25.0 Å². The van der Waals surface area contributed by atoms with Gasteiger partial charge in [0.05, 0.1) is 19.0 Å². The topological polar surface area (TPSA) is 36.9 Å². The third kappa shape index (κ3) is 7.27. The molecule has 0 fully saturated rings. The van der Waals surface area contributed by atoms with Crippen molar-refractivity contribution in [1.29, 1.82) is 0 Å². The van der Waals surface area contributed by atoms with Crippen molar-refractivity contribution in [3.8, 4) is 0 Å². The fourth-order valence-electron chi connectivity index (χ4n) is 4.90. The summed E-state index contributed by atoms with van der Waals surface area (Å²) in [5.74, 6) is 0. The lowest BCUT2D eigenvalue weighted by atomic mass is 10.1. The number of ether oxygens (including phenoxy) is 1. The van der Waals surface area contributed by atoms with Crippen molar-refractivity contribution in [2.45, 2.75) is 135 Å². The molecule has 7 heteroatoms. The molecular formula is C24H52O4Si3. The molecule has 184 valence electrons. The molecule has 1 rings (SSSR count). The normalized spacial score (nSPS) is 22.5. The minimum atomic E-state index is -1.82. The molecule has 0 saturated carbocycles. The Morgan fingerprint density at radius 2 is 1.03 bits per heavy atom. The second-order valence-electron chi connectivity index (χ2n) is 9.21. The molecule has 0 bridgehead atoms. The first-order chi connectivity index (χ1) is 14.8. The van der Waals surface area contributed by atoms with Gasteiger partial charge in [0.25, 0.3) is 0 Å². The summed E-state index contributed by atoms with van der Waals surface area (Å²) >= 11 is 0. The standard InChI is InChI=1S/C24H52O4Si3/c1-10-29(11-2,12-3)26-21-23-24(28-31(16-7,17-8)18-9)22(19-20-25-23)27-30(13-4,14-5)15-6/h19-20,22-24H,10-18,21H2,1-9H3/t22-,23-,24-/m1/s1. The van der Waals surface area contributed by atoms with Crippen molar-refractivity contribution >= 4 is 25.0 Å². The van der Waals surface area contributed by atoms with Crippen LogP contribution in [0.25, 0.3) is 0 Å². The lowest BCUT2D eigenvalue weighted by Gasteiger charge is -2.44. The third-order valence-electron chi connectivity index (χ3n) is 8.34. The summed E-state index contributed by atoms with van der Waals surface area (Å²) in [5, 5.41) is 0. The molecule has 1 aliphatic rings. The van der Waals surface area contributed by atoms with Gasteiger partial charge in [0.1, 0.15) is 12.2 Å². The highest BCUT2D eigenvalue weighted by atomic mass is 28.4. The average molecular weight is 489 g/mol. The van der Waals surface area contributed by atoms with E-state index >= 15 is 0 Å². The minimum Gasteiger partial charge on any atom is -0.493 e. The second kappa shape index (κ2) is 13.7. The van der Waals surface area contributed by atoms with E-state index in [9.17, 15) is 0 Å². The van der Waals surface area contributed by atoms with E-state index in [2.05, 4.69) is 68.4 Å². The summed E-state index contributed by atoms with van der Waals surface area (Å²) in [5.41, 5.74) is 0. The molecule has 4 nitrogen and oxygen atoms in total. The van der Waals surface area contributed by atoms with Crippen molar-refractivity contribution in [3.05, 3.63) is 12.3 Å². The Balaban J connectivity index is 3.21. The Bertz CT molecular complexity index is 492. The molecule has 0 aromatic heterocycles. The Hall–Kier alpha value is 0.0706. The smallest absolute Gasteiger partial charge is 0.193 e. The molecule has 0 aromatic carbocycles. The maximum Gasteiger partial charge on any atom is 0.193 e. The van der Waals surface area contributed by atoms with Crippen LogP contribution in [-0.4, -0.2) is 49.9 Å². The van der Waals surface area contributed by atoms with Gasteiger partial charge in [-0.1, -0.05) is 62.3 Å². The summed E-state index contributed by atoms with van der Waals surface area (Å²) in [6.45, 7) is 21.3. The van der Waals surface area contributed by atoms with E-state index in [0.29, 0.717) is 6.61 Å². The van der Waals surface area contributed by atoms with Crippen LogP contribution in [0.2, 0.25) is 54.4 Å². The second-order valence-corrected chi connectivity index (χ2v) is 23.4. The average Bonchev–Trinajstić information content (AvgIpc) is 2.83. The largest absolute Gasteiger partial charge is 0.493 e. The van der Waals surface area contributed by atoms with Crippen LogP contribution in [0.15, 0.2) is 12.3 Å². The predicted octanol–water partition coefficient (Wildman–Crippen LogP) is 7.70. The zero-order valence-electron chi connectivity index (χ0n) is 22.1. The van der Waals surface area contributed by atoms with Crippen LogP contribution in [0, 0.1) is 0 Å².